The van der Waals surface area contributed by atoms with Gasteiger partial charge in [-0.25, -0.2) is 0 Å². The number of ether oxygens (including phenoxy) is 1. The average molecular weight is 269 g/mol. The normalized spacial score (nSPS) is 10.4. The Labute approximate surface area is 119 Å². The van der Waals surface area contributed by atoms with E-state index >= 15 is 0 Å². The second-order valence-electron chi connectivity index (χ2n) is 5.06. The van der Waals surface area contributed by atoms with Gasteiger partial charge in [-0.15, -0.1) is 0 Å². The minimum absolute atomic E-state index is 0.0555. The van der Waals surface area contributed by atoms with Crippen LogP contribution in [-0.2, 0) is 0 Å². The van der Waals surface area contributed by atoms with Crippen LogP contribution in [0.5, 0.6) is 5.75 Å². The first-order valence-corrected chi connectivity index (χ1v) is 6.50. The van der Waals surface area contributed by atoms with E-state index in [-0.39, 0.29) is 5.78 Å². The third-order valence-corrected chi connectivity index (χ3v) is 3.38. The second kappa shape index (κ2) is 5.37. The van der Waals surface area contributed by atoms with Crippen molar-refractivity contribution in [3.63, 3.8) is 0 Å². The lowest BCUT2D eigenvalue weighted by Gasteiger charge is -2.12. The molecule has 0 radical (unpaired) electrons. The molecule has 3 heteroatoms. The van der Waals surface area contributed by atoms with Crippen LogP contribution in [0.1, 0.15) is 32.6 Å². The number of benzene rings is 2. The third kappa shape index (κ3) is 2.52. The largest absolute Gasteiger partial charge is 0.496 e. The molecule has 2 aromatic carbocycles. The van der Waals surface area contributed by atoms with Crippen LogP contribution < -0.4 is 10.5 Å². The summed E-state index contributed by atoms with van der Waals surface area (Å²) in [5.74, 6) is 0.763. The Morgan fingerprint density at radius 2 is 1.65 bits per heavy atom. The van der Waals surface area contributed by atoms with Crippen LogP contribution in [-0.4, -0.2) is 12.9 Å². The van der Waals surface area contributed by atoms with Crippen LogP contribution in [0.2, 0.25) is 0 Å². The zero-order chi connectivity index (χ0) is 14.9. The number of anilines is 1. The number of nitrogen functional groups attached to an aromatic ring is 1. The van der Waals surface area contributed by atoms with Gasteiger partial charge in [0, 0.05) is 16.8 Å². The van der Waals surface area contributed by atoms with Crippen LogP contribution in [0.4, 0.5) is 5.69 Å². The van der Waals surface area contributed by atoms with Crippen LogP contribution in [0.15, 0.2) is 30.3 Å². The highest BCUT2D eigenvalue weighted by molar-refractivity contribution is 6.12. The van der Waals surface area contributed by atoms with Crippen molar-refractivity contribution in [2.75, 3.05) is 12.8 Å². The standard InChI is InChI=1S/C17H19NO2/c1-10-5-6-15(18)14(7-10)16(19)13-8-11(2)17(20-4)12(3)9-13/h5-9H,18H2,1-4H3. The van der Waals surface area contributed by atoms with Crippen LogP contribution in [0.25, 0.3) is 0 Å². The molecule has 0 spiro atoms. The molecule has 0 amide bonds. The van der Waals surface area contributed by atoms with Gasteiger partial charge in [0.2, 0.25) is 0 Å². The minimum atomic E-state index is -0.0555. The summed E-state index contributed by atoms with van der Waals surface area (Å²) < 4.78 is 5.32. The van der Waals surface area contributed by atoms with E-state index in [1.54, 1.807) is 13.2 Å². The molecule has 0 aliphatic carbocycles. The van der Waals surface area contributed by atoms with Gasteiger partial charge in [-0.2, -0.15) is 0 Å². The Morgan fingerprint density at radius 3 is 2.20 bits per heavy atom. The lowest BCUT2D eigenvalue weighted by Crippen LogP contribution is -2.07. The molecule has 0 aromatic heterocycles. The number of nitrogens with two attached hydrogens (primary N) is 1. The highest BCUT2D eigenvalue weighted by Gasteiger charge is 2.15. The predicted molar refractivity (Wildman–Crippen MR) is 81.5 cm³/mol. The van der Waals surface area contributed by atoms with Crippen molar-refractivity contribution in [2.45, 2.75) is 20.8 Å². The molecule has 2 aromatic rings. The third-order valence-electron chi connectivity index (χ3n) is 3.38. The molecule has 0 heterocycles. The number of ketones is 1. The lowest BCUT2D eigenvalue weighted by atomic mass is 9.96. The lowest BCUT2D eigenvalue weighted by molar-refractivity contribution is 0.103. The van der Waals surface area contributed by atoms with E-state index in [0.29, 0.717) is 16.8 Å². The summed E-state index contributed by atoms with van der Waals surface area (Å²) in [6.07, 6.45) is 0. The van der Waals surface area contributed by atoms with E-state index in [1.807, 2.05) is 45.0 Å². The first-order valence-electron chi connectivity index (χ1n) is 6.50. The fourth-order valence-electron chi connectivity index (χ4n) is 2.43. The van der Waals surface area contributed by atoms with Crippen molar-refractivity contribution in [1.82, 2.24) is 0 Å². The molecular formula is C17H19NO2. The fourth-order valence-corrected chi connectivity index (χ4v) is 2.43. The zero-order valence-electron chi connectivity index (χ0n) is 12.3. The van der Waals surface area contributed by atoms with Crippen molar-refractivity contribution >= 4 is 11.5 Å². The molecular weight excluding hydrogens is 250 g/mol. The van der Waals surface area contributed by atoms with E-state index in [1.165, 1.54) is 0 Å². The summed E-state index contributed by atoms with van der Waals surface area (Å²) in [4.78, 5) is 12.6. The summed E-state index contributed by atoms with van der Waals surface area (Å²) in [6.45, 7) is 5.81. The van der Waals surface area contributed by atoms with Crippen LogP contribution >= 0.6 is 0 Å². The highest BCUT2D eigenvalue weighted by atomic mass is 16.5. The molecule has 0 bridgehead atoms. The van der Waals surface area contributed by atoms with Gasteiger partial charge in [0.1, 0.15) is 5.75 Å². The predicted octanol–water partition coefficient (Wildman–Crippen LogP) is 3.43. The number of rotatable bonds is 3. The van der Waals surface area contributed by atoms with Gasteiger partial charge < -0.3 is 10.5 Å². The maximum Gasteiger partial charge on any atom is 0.195 e. The number of carbonyl (C=O) groups excluding carboxylic acids is 1. The van der Waals surface area contributed by atoms with Crippen molar-refractivity contribution in [2.24, 2.45) is 0 Å². The molecule has 3 nitrogen and oxygen atoms in total. The van der Waals surface area contributed by atoms with E-state index < -0.39 is 0 Å². The fraction of sp³-hybridized carbons (Fsp3) is 0.235. The number of methoxy groups -OCH3 is 1. The summed E-state index contributed by atoms with van der Waals surface area (Å²) in [6, 6.07) is 9.18. The van der Waals surface area contributed by atoms with E-state index in [9.17, 15) is 4.79 Å². The maximum atomic E-state index is 12.6. The van der Waals surface area contributed by atoms with Gasteiger partial charge in [0.05, 0.1) is 7.11 Å². The van der Waals surface area contributed by atoms with Gasteiger partial charge in [0.15, 0.2) is 5.78 Å². The number of hydrogen-bond donors (Lipinski definition) is 1. The molecule has 0 atom stereocenters. The highest BCUT2D eigenvalue weighted by Crippen LogP contribution is 2.26. The number of aryl methyl sites for hydroxylation is 3. The molecule has 0 saturated carbocycles. The molecule has 0 unspecified atom stereocenters. The quantitative estimate of drug-likeness (QED) is 0.686. The SMILES string of the molecule is COc1c(C)cc(C(=O)c2cc(C)ccc2N)cc1C. The van der Waals surface area contributed by atoms with E-state index in [4.69, 9.17) is 10.5 Å². The molecule has 20 heavy (non-hydrogen) atoms. The van der Waals surface area contributed by atoms with Gasteiger partial charge in [-0.3, -0.25) is 4.79 Å². The summed E-state index contributed by atoms with van der Waals surface area (Å²) in [5, 5.41) is 0. The Hall–Kier alpha value is -2.29. The molecule has 0 fully saturated rings. The summed E-state index contributed by atoms with van der Waals surface area (Å²) >= 11 is 0. The van der Waals surface area contributed by atoms with Crippen molar-refractivity contribution in [3.8, 4) is 5.75 Å². The second-order valence-corrected chi connectivity index (χ2v) is 5.06. The van der Waals surface area contributed by atoms with E-state index in [2.05, 4.69) is 0 Å². The molecule has 0 saturated heterocycles. The Kier molecular flexibility index (Phi) is 3.79. The van der Waals surface area contributed by atoms with Gasteiger partial charge in [-0.05, 0) is 56.2 Å². The monoisotopic (exact) mass is 269 g/mol. The maximum absolute atomic E-state index is 12.6. The topological polar surface area (TPSA) is 52.3 Å². The first kappa shape index (κ1) is 14.1. The number of carbonyl (C=O) groups is 1. The average Bonchev–Trinajstić information content (AvgIpc) is 2.40. The number of hydrogen-bond acceptors (Lipinski definition) is 3. The zero-order valence-corrected chi connectivity index (χ0v) is 12.3. The summed E-state index contributed by atoms with van der Waals surface area (Å²) in [7, 11) is 1.63. The molecule has 0 aliphatic heterocycles. The Bertz CT molecular complexity index is 652. The smallest absolute Gasteiger partial charge is 0.195 e. The van der Waals surface area contributed by atoms with Crippen molar-refractivity contribution < 1.29 is 9.53 Å². The molecule has 2 N–H and O–H groups in total. The molecule has 104 valence electrons. The Morgan fingerprint density at radius 1 is 1.05 bits per heavy atom. The van der Waals surface area contributed by atoms with Gasteiger partial charge >= 0.3 is 0 Å². The molecule has 0 aliphatic rings. The van der Waals surface area contributed by atoms with Crippen LogP contribution in [0, 0.1) is 20.8 Å². The molecule has 2 rings (SSSR count). The minimum Gasteiger partial charge on any atom is -0.496 e. The van der Waals surface area contributed by atoms with Crippen molar-refractivity contribution in [3.05, 3.63) is 58.1 Å². The summed E-state index contributed by atoms with van der Waals surface area (Å²) in [5.41, 5.74) is 10.5. The van der Waals surface area contributed by atoms with Gasteiger partial charge in [-0.1, -0.05) is 11.6 Å². The Balaban J connectivity index is 2.51. The van der Waals surface area contributed by atoms with Crippen LogP contribution in [0.3, 0.4) is 0 Å². The first-order chi connectivity index (χ1) is 9.43. The van der Waals surface area contributed by atoms with Gasteiger partial charge in [0.25, 0.3) is 0 Å². The van der Waals surface area contributed by atoms with Crippen molar-refractivity contribution in [1.29, 1.82) is 0 Å². The van der Waals surface area contributed by atoms with E-state index in [0.717, 1.165) is 22.4 Å².